The smallest absolute Gasteiger partial charge is 0.306 e. The lowest BCUT2D eigenvalue weighted by molar-refractivity contribution is -0.163. The molecule has 1 unspecified atom stereocenters. The maximum absolute atomic E-state index is 12.7. The summed E-state index contributed by atoms with van der Waals surface area (Å²) in [5, 5.41) is 0. The van der Waals surface area contributed by atoms with E-state index in [0.717, 1.165) is 44.9 Å². The molecule has 5 heteroatoms. The van der Waals surface area contributed by atoms with Gasteiger partial charge >= 0.3 is 11.9 Å². The van der Waals surface area contributed by atoms with E-state index >= 15 is 0 Å². The molecule has 1 atom stereocenters. The molecule has 0 rings (SSSR count). The van der Waals surface area contributed by atoms with Crippen molar-refractivity contribution in [2.24, 2.45) is 0 Å². The van der Waals surface area contributed by atoms with Gasteiger partial charge in [-0.1, -0.05) is 232 Å². The fraction of sp³-hybridized carbons (Fsp3) is 0.922. The third-order valence-corrected chi connectivity index (χ3v) is 11.3. The Morgan fingerprint density at radius 1 is 0.375 bits per heavy atom. The lowest BCUT2D eigenvalue weighted by Gasteiger charge is -2.18. The van der Waals surface area contributed by atoms with Crippen molar-refractivity contribution in [3.63, 3.8) is 0 Å². The molecule has 0 bridgehead atoms. The van der Waals surface area contributed by atoms with Crippen LogP contribution in [0.5, 0.6) is 0 Å². The normalized spacial score (nSPS) is 12.1. The lowest BCUT2D eigenvalue weighted by atomic mass is 10.0. The third kappa shape index (κ3) is 45.3. The minimum absolute atomic E-state index is 0.0912. The highest BCUT2D eigenvalue weighted by Gasteiger charge is 2.17. The molecular weight excluding hydrogens is 693 g/mol. The zero-order valence-corrected chi connectivity index (χ0v) is 38.2. The van der Waals surface area contributed by atoms with E-state index < -0.39 is 6.10 Å². The quantitative estimate of drug-likeness (QED) is 0.0349. The minimum atomic E-state index is -0.529. The Labute approximate surface area is 350 Å². The van der Waals surface area contributed by atoms with E-state index in [-0.39, 0.29) is 18.5 Å². The van der Waals surface area contributed by atoms with Gasteiger partial charge in [-0.25, -0.2) is 0 Å². The number of esters is 2. The van der Waals surface area contributed by atoms with Gasteiger partial charge < -0.3 is 14.2 Å². The van der Waals surface area contributed by atoms with Crippen molar-refractivity contribution < 1.29 is 23.8 Å². The maximum atomic E-state index is 12.7. The van der Waals surface area contributed by atoms with Gasteiger partial charge in [-0.15, -0.1) is 0 Å². The van der Waals surface area contributed by atoms with Gasteiger partial charge in [0.2, 0.25) is 0 Å². The molecule has 0 aromatic carbocycles. The van der Waals surface area contributed by atoms with Crippen LogP contribution in [0.15, 0.2) is 12.2 Å². The molecule has 0 aliphatic rings. The first-order valence-corrected chi connectivity index (χ1v) is 25.2. The summed E-state index contributed by atoms with van der Waals surface area (Å²) in [7, 11) is 0. The fourth-order valence-corrected chi connectivity index (χ4v) is 7.51. The second-order valence-electron chi connectivity index (χ2n) is 17.1. The van der Waals surface area contributed by atoms with Crippen LogP contribution < -0.4 is 0 Å². The number of rotatable bonds is 47. The molecular formula is C51H98O5. The standard InChI is InChI=1S/C51H98O5/c1-4-7-10-13-16-19-22-25-26-28-29-32-35-38-41-44-50(52)55-48-49(47-54-46-43-40-37-34-31-24-21-18-15-12-9-6-3)56-51(53)45-42-39-36-33-30-27-23-20-17-14-11-8-5-2/h20,23,49H,4-19,21-22,24-48H2,1-3H3/b23-20-. The number of carbonyl (C=O) groups is 2. The molecule has 0 fully saturated rings. The molecule has 0 saturated heterocycles. The highest BCUT2D eigenvalue weighted by molar-refractivity contribution is 5.70. The topological polar surface area (TPSA) is 61.8 Å². The van der Waals surface area contributed by atoms with E-state index in [2.05, 4.69) is 32.9 Å². The first kappa shape index (κ1) is 54.6. The summed E-state index contributed by atoms with van der Waals surface area (Å²) in [6.07, 6.45) is 53.5. The Kier molecular flexibility index (Phi) is 46.8. The Balaban J connectivity index is 4.20. The highest BCUT2D eigenvalue weighted by atomic mass is 16.6. The van der Waals surface area contributed by atoms with Crippen LogP contribution in [-0.2, 0) is 23.8 Å². The van der Waals surface area contributed by atoms with Crippen LogP contribution in [-0.4, -0.2) is 37.9 Å². The average Bonchev–Trinajstić information content (AvgIpc) is 3.20. The van der Waals surface area contributed by atoms with Crippen molar-refractivity contribution in [3.05, 3.63) is 12.2 Å². The summed E-state index contributed by atoms with van der Waals surface area (Å²) in [6.45, 7) is 7.86. The number of allylic oxidation sites excluding steroid dienone is 2. The van der Waals surface area contributed by atoms with Gasteiger partial charge in [-0.05, 0) is 44.9 Å². The first-order valence-electron chi connectivity index (χ1n) is 25.2. The second-order valence-corrected chi connectivity index (χ2v) is 17.1. The summed E-state index contributed by atoms with van der Waals surface area (Å²) in [6, 6.07) is 0. The monoisotopic (exact) mass is 791 g/mol. The molecule has 5 nitrogen and oxygen atoms in total. The van der Waals surface area contributed by atoms with Crippen LogP contribution in [0.25, 0.3) is 0 Å². The minimum Gasteiger partial charge on any atom is -0.462 e. The molecule has 0 aromatic rings. The second kappa shape index (κ2) is 48.0. The molecule has 56 heavy (non-hydrogen) atoms. The Hall–Kier alpha value is -1.36. The Morgan fingerprint density at radius 2 is 0.696 bits per heavy atom. The van der Waals surface area contributed by atoms with Crippen LogP contribution in [0.4, 0.5) is 0 Å². The fourth-order valence-electron chi connectivity index (χ4n) is 7.51. The predicted molar refractivity (Wildman–Crippen MR) is 242 cm³/mol. The SMILES string of the molecule is CCCCCC/C=C\CCCCCCCC(=O)OC(COCCCCCCCCCCCCCC)COC(=O)CCCCCCCCCCCCCCCCC. The van der Waals surface area contributed by atoms with E-state index in [1.807, 2.05) is 0 Å². The number of hydrogen-bond donors (Lipinski definition) is 0. The van der Waals surface area contributed by atoms with E-state index in [9.17, 15) is 9.59 Å². The van der Waals surface area contributed by atoms with Gasteiger partial charge in [-0.2, -0.15) is 0 Å². The van der Waals surface area contributed by atoms with Gasteiger partial charge in [0.05, 0.1) is 6.61 Å². The van der Waals surface area contributed by atoms with E-state index in [0.29, 0.717) is 26.1 Å². The van der Waals surface area contributed by atoms with Crippen molar-refractivity contribution in [2.75, 3.05) is 19.8 Å². The summed E-state index contributed by atoms with van der Waals surface area (Å²) >= 11 is 0. The Bertz CT molecular complexity index is 810. The lowest BCUT2D eigenvalue weighted by Crippen LogP contribution is -2.30. The first-order chi connectivity index (χ1) is 27.6. The molecule has 0 amide bonds. The van der Waals surface area contributed by atoms with Gasteiger partial charge in [-0.3, -0.25) is 9.59 Å². The Morgan fingerprint density at radius 3 is 1.11 bits per heavy atom. The van der Waals surface area contributed by atoms with Crippen molar-refractivity contribution in [2.45, 2.75) is 284 Å². The van der Waals surface area contributed by atoms with Crippen LogP contribution >= 0.6 is 0 Å². The number of carbonyl (C=O) groups excluding carboxylic acids is 2. The van der Waals surface area contributed by atoms with Crippen LogP contribution in [0.3, 0.4) is 0 Å². The molecule has 0 spiro atoms. The average molecular weight is 791 g/mol. The number of hydrogen-bond acceptors (Lipinski definition) is 5. The molecule has 0 aliphatic heterocycles. The number of ether oxygens (including phenoxy) is 3. The summed E-state index contributed by atoms with van der Waals surface area (Å²) < 4.78 is 17.4. The van der Waals surface area contributed by atoms with Crippen LogP contribution in [0.1, 0.15) is 278 Å². The van der Waals surface area contributed by atoms with Crippen LogP contribution in [0.2, 0.25) is 0 Å². The molecule has 0 heterocycles. The van der Waals surface area contributed by atoms with Gasteiger partial charge in [0.1, 0.15) is 6.61 Å². The van der Waals surface area contributed by atoms with Gasteiger partial charge in [0.25, 0.3) is 0 Å². The molecule has 0 aliphatic carbocycles. The van der Waals surface area contributed by atoms with Crippen molar-refractivity contribution >= 4 is 11.9 Å². The van der Waals surface area contributed by atoms with Gasteiger partial charge in [0, 0.05) is 19.4 Å². The largest absolute Gasteiger partial charge is 0.462 e. The van der Waals surface area contributed by atoms with Crippen molar-refractivity contribution in [3.8, 4) is 0 Å². The molecule has 0 radical (unpaired) electrons. The zero-order chi connectivity index (χ0) is 40.7. The van der Waals surface area contributed by atoms with E-state index in [1.165, 1.54) is 199 Å². The molecule has 0 N–H and O–H groups in total. The summed E-state index contributed by atoms with van der Waals surface area (Å²) in [5.41, 5.74) is 0. The van der Waals surface area contributed by atoms with Crippen molar-refractivity contribution in [1.29, 1.82) is 0 Å². The van der Waals surface area contributed by atoms with Crippen LogP contribution in [0, 0.1) is 0 Å². The van der Waals surface area contributed by atoms with Gasteiger partial charge in [0.15, 0.2) is 6.10 Å². The van der Waals surface area contributed by atoms with E-state index in [4.69, 9.17) is 14.2 Å². The molecule has 332 valence electrons. The number of unbranched alkanes of at least 4 members (excludes halogenated alkanes) is 34. The zero-order valence-electron chi connectivity index (χ0n) is 38.2. The van der Waals surface area contributed by atoms with Crippen molar-refractivity contribution in [1.82, 2.24) is 0 Å². The predicted octanol–water partition coefficient (Wildman–Crippen LogP) is 16.7. The summed E-state index contributed by atoms with van der Waals surface area (Å²) in [4.78, 5) is 25.3. The maximum Gasteiger partial charge on any atom is 0.306 e. The third-order valence-electron chi connectivity index (χ3n) is 11.3. The molecule has 0 aromatic heterocycles. The highest BCUT2D eigenvalue weighted by Crippen LogP contribution is 2.16. The summed E-state index contributed by atoms with van der Waals surface area (Å²) in [5.74, 6) is -0.388. The van der Waals surface area contributed by atoms with E-state index in [1.54, 1.807) is 0 Å². The molecule has 0 saturated carbocycles.